The lowest BCUT2D eigenvalue weighted by Crippen LogP contribution is -2.37. The maximum absolute atomic E-state index is 9.38. The Hall–Kier alpha value is -2.40. The summed E-state index contributed by atoms with van der Waals surface area (Å²) in [6.45, 7) is 4.22. The number of aliphatic hydroxyl groups is 1. The largest absolute Gasteiger partial charge is 0.396 e. The van der Waals surface area contributed by atoms with Gasteiger partial charge in [0.1, 0.15) is 11.6 Å². The lowest BCUT2D eigenvalue weighted by Gasteiger charge is -2.32. The molecule has 1 aliphatic heterocycles. The van der Waals surface area contributed by atoms with E-state index < -0.39 is 0 Å². The Bertz CT molecular complexity index is 840. The fourth-order valence-electron chi connectivity index (χ4n) is 3.40. The minimum Gasteiger partial charge on any atom is -0.396 e. The number of hydrogen-bond acceptors (Lipinski definition) is 4. The predicted octanol–water partition coefficient (Wildman–Crippen LogP) is 3.14. The predicted molar refractivity (Wildman–Crippen MR) is 96.1 cm³/mol. The molecule has 1 unspecified atom stereocenters. The first-order chi connectivity index (χ1) is 11.7. The molecule has 2 N–H and O–H groups in total. The van der Waals surface area contributed by atoms with E-state index in [0.29, 0.717) is 5.92 Å². The summed E-state index contributed by atoms with van der Waals surface area (Å²) in [6, 6.07) is 10.3. The van der Waals surface area contributed by atoms with Crippen LogP contribution in [0, 0.1) is 12.8 Å². The third kappa shape index (κ3) is 2.87. The van der Waals surface area contributed by atoms with Gasteiger partial charge in [-0.2, -0.15) is 0 Å². The lowest BCUT2D eigenvalue weighted by atomic mass is 9.99. The van der Waals surface area contributed by atoms with Crippen LogP contribution in [0.25, 0.3) is 22.4 Å². The van der Waals surface area contributed by atoms with Crippen LogP contribution in [0.15, 0.2) is 36.5 Å². The van der Waals surface area contributed by atoms with E-state index in [0.717, 1.165) is 54.2 Å². The lowest BCUT2D eigenvalue weighted by molar-refractivity contribution is 0.208. The van der Waals surface area contributed by atoms with E-state index in [2.05, 4.69) is 45.0 Å². The zero-order chi connectivity index (χ0) is 16.5. The van der Waals surface area contributed by atoms with Crippen molar-refractivity contribution in [1.29, 1.82) is 0 Å². The highest BCUT2D eigenvalue weighted by Crippen LogP contribution is 2.25. The van der Waals surface area contributed by atoms with Crippen molar-refractivity contribution in [3.05, 3.63) is 42.1 Å². The number of nitrogens with zero attached hydrogens (tertiary/aromatic N) is 3. The number of aryl methyl sites for hydroxylation is 1. The number of H-pyrrole nitrogens is 1. The molecule has 1 aliphatic rings. The van der Waals surface area contributed by atoms with Gasteiger partial charge in [0.25, 0.3) is 0 Å². The third-order valence-electron chi connectivity index (χ3n) is 4.76. The Balaban J connectivity index is 1.58. The molecule has 0 saturated carbocycles. The van der Waals surface area contributed by atoms with Crippen LogP contribution in [-0.2, 0) is 0 Å². The van der Waals surface area contributed by atoms with Crippen molar-refractivity contribution in [2.45, 2.75) is 19.8 Å². The Kier molecular flexibility index (Phi) is 3.94. The number of aromatic nitrogens is 3. The molecular weight excluding hydrogens is 300 g/mol. The minimum absolute atomic E-state index is 0.257. The summed E-state index contributed by atoms with van der Waals surface area (Å²) in [4.78, 5) is 14.9. The molecule has 5 nitrogen and oxygen atoms in total. The number of anilines is 1. The number of pyridine rings is 1. The highest BCUT2D eigenvalue weighted by atomic mass is 16.3. The summed E-state index contributed by atoms with van der Waals surface area (Å²) < 4.78 is 0. The summed E-state index contributed by atoms with van der Waals surface area (Å²) >= 11 is 0. The molecule has 0 radical (unpaired) electrons. The number of benzene rings is 1. The summed E-state index contributed by atoms with van der Waals surface area (Å²) in [7, 11) is 0. The molecule has 0 bridgehead atoms. The number of fused-ring (bicyclic) bond motifs is 1. The van der Waals surface area contributed by atoms with Crippen molar-refractivity contribution in [3.8, 4) is 11.4 Å². The van der Waals surface area contributed by atoms with Crippen molar-refractivity contribution < 1.29 is 5.11 Å². The molecule has 3 aromatic rings. The topological polar surface area (TPSA) is 65.0 Å². The van der Waals surface area contributed by atoms with Crippen molar-refractivity contribution in [3.63, 3.8) is 0 Å². The molecule has 1 fully saturated rings. The summed E-state index contributed by atoms with van der Waals surface area (Å²) in [5, 5.41) is 9.38. The number of rotatable bonds is 3. The molecule has 0 aliphatic carbocycles. The summed E-state index contributed by atoms with van der Waals surface area (Å²) in [6.07, 6.45) is 4.09. The maximum atomic E-state index is 9.38. The highest BCUT2D eigenvalue weighted by molar-refractivity contribution is 5.79. The van der Waals surface area contributed by atoms with Gasteiger partial charge in [-0.15, -0.1) is 0 Å². The Morgan fingerprint density at radius 1 is 1.29 bits per heavy atom. The van der Waals surface area contributed by atoms with Gasteiger partial charge in [0, 0.05) is 31.5 Å². The van der Waals surface area contributed by atoms with Gasteiger partial charge < -0.3 is 15.0 Å². The van der Waals surface area contributed by atoms with Gasteiger partial charge >= 0.3 is 0 Å². The van der Waals surface area contributed by atoms with Gasteiger partial charge in [0.15, 0.2) is 0 Å². The number of hydrogen-bond donors (Lipinski definition) is 2. The molecule has 1 atom stereocenters. The maximum Gasteiger partial charge on any atom is 0.140 e. The number of imidazole rings is 1. The van der Waals surface area contributed by atoms with Crippen LogP contribution in [0.3, 0.4) is 0 Å². The Morgan fingerprint density at radius 2 is 2.21 bits per heavy atom. The van der Waals surface area contributed by atoms with E-state index in [4.69, 9.17) is 0 Å². The second-order valence-electron chi connectivity index (χ2n) is 6.65. The molecule has 124 valence electrons. The van der Waals surface area contributed by atoms with Gasteiger partial charge in [-0.25, -0.2) is 9.97 Å². The Morgan fingerprint density at radius 3 is 3.00 bits per heavy atom. The van der Waals surface area contributed by atoms with Crippen LogP contribution in [0.5, 0.6) is 0 Å². The van der Waals surface area contributed by atoms with Crippen LogP contribution < -0.4 is 4.90 Å². The number of aromatic amines is 1. The van der Waals surface area contributed by atoms with Crippen molar-refractivity contribution >= 4 is 16.9 Å². The summed E-state index contributed by atoms with van der Waals surface area (Å²) in [5.74, 6) is 2.18. The first kappa shape index (κ1) is 15.1. The molecule has 1 aromatic carbocycles. The second kappa shape index (κ2) is 6.24. The molecular formula is C19H22N4O. The summed E-state index contributed by atoms with van der Waals surface area (Å²) in [5.41, 5.74) is 4.23. The van der Waals surface area contributed by atoms with E-state index in [9.17, 15) is 5.11 Å². The third-order valence-corrected chi connectivity index (χ3v) is 4.76. The molecule has 4 rings (SSSR count). The van der Waals surface area contributed by atoms with Crippen molar-refractivity contribution in [1.82, 2.24) is 15.0 Å². The number of aliphatic hydroxyl groups excluding tert-OH is 1. The molecule has 2 aromatic heterocycles. The monoisotopic (exact) mass is 322 g/mol. The van der Waals surface area contributed by atoms with E-state index in [-0.39, 0.29) is 6.61 Å². The van der Waals surface area contributed by atoms with Crippen molar-refractivity contribution in [2.75, 3.05) is 24.6 Å². The van der Waals surface area contributed by atoms with Crippen LogP contribution in [-0.4, -0.2) is 39.8 Å². The minimum atomic E-state index is 0.257. The van der Waals surface area contributed by atoms with Gasteiger partial charge in [-0.05, 0) is 55.5 Å². The normalized spacial score (nSPS) is 18.2. The zero-order valence-corrected chi connectivity index (χ0v) is 13.9. The highest BCUT2D eigenvalue weighted by Gasteiger charge is 2.20. The molecule has 1 saturated heterocycles. The first-order valence-electron chi connectivity index (χ1n) is 8.51. The number of nitrogens with one attached hydrogen (secondary N) is 1. The molecule has 0 spiro atoms. The standard InChI is InChI=1S/C19H22N4O/c1-13-4-6-16-17(9-13)22-19(21-16)15-5-7-18(20-10-15)23-8-2-3-14(11-23)12-24/h4-7,9-10,14,24H,2-3,8,11-12H2,1H3,(H,21,22). The first-order valence-corrected chi connectivity index (χ1v) is 8.51. The fourth-order valence-corrected chi connectivity index (χ4v) is 3.40. The van der Waals surface area contributed by atoms with E-state index in [1.807, 2.05) is 18.3 Å². The van der Waals surface area contributed by atoms with E-state index in [1.165, 1.54) is 5.56 Å². The average molecular weight is 322 g/mol. The Labute approximate surface area is 141 Å². The van der Waals surface area contributed by atoms with Gasteiger partial charge in [0.2, 0.25) is 0 Å². The van der Waals surface area contributed by atoms with Gasteiger partial charge in [0.05, 0.1) is 11.0 Å². The molecule has 3 heterocycles. The second-order valence-corrected chi connectivity index (χ2v) is 6.65. The van der Waals surface area contributed by atoms with Crippen LogP contribution in [0.1, 0.15) is 18.4 Å². The van der Waals surface area contributed by atoms with Gasteiger partial charge in [-0.3, -0.25) is 0 Å². The molecule has 0 amide bonds. The fraction of sp³-hybridized carbons (Fsp3) is 0.368. The van der Waals surface area contributed by atoms with Crippen LogP contribution in [0.4, 0.5) is 5.82 Å². The SMILES string of the molecule is Cc1ccc2nc(-c3ccc(N4CCCC(CO)C4)nc3)[nH]c2c1. The molecule has 5 heteroatoms. The van der Waals surface area contributed by atoms with E-state index in [1.54, 1.807) is 0 Å². The quantitative estimate of drug-likeness (QED) is 0.777. The average Bonchev–Trinajstić information content (AvgIpc) is 3.05. The smallest absolute Gasteiger partial charge is 0.140 e. The van der Waals surface area contributed by atoms with Gasteiger partial charge in [-0.1, -0.05) is 6.07 Å². The van der Waals surface area contributed by atoms with Crippen LogP contribution in [0.2, 0.25) is 0 Å². The van der Waals surface area contributed by atoms with Crippen molar-refractivity contribution in [2.24, 2.45) is 5.92 Å². The van der Waals surface area contributed by atoms with E-state index >= 15 is 0 Å². The number of piperidine rings is 1. The zero-order valence-electron chi connectivity index (χ0n) is 13.9. The van der Waals surface area contributed by atoms with Crippen LogP contribution >= 0.6 is 0 Å². The molecule has 24 heavy (non-hydrogen) atoms.